The highest BCUT2D eigenvalue weighted by molar-refractivity contribution is 7.89. The maximum absolute atomic E-state index is 12.3. The maximum atomic E-state index is 12.3. The van der Waals surface area contributed by atoms with Gasteiger partial charge in [-0.1, -0.05) is 6.07 Å². The Bertz CT molecular complexity index is 1170. The molecule has 0 unspecified atom stereocenters. The Balaban J connectivity index is 1.69. The second kappa shape index (κ2) is 8.29. The number of nitrogens with two attached hydrogens (primary N) is 1. The summed E-state index contributed by atoms with van der Waals surface area (Å²) in [6, 6.07) is 14.6. The van der Waals surface area contributed by atoms with Crippen LogP contribution in [0.4, 0.5) is 0 Å². The quantitative estimate of drug-likeness (QED) is 0.475. The number of benzene rings is 2. The fourth-order valence-corrected chi connectivity index (χ4v) is 3.10. The average molecular weight is 413 g/mol. The molecule has 0 radical (unpaired) electrons. The topological polar surface area (TPSA) is 124 Å². The van der Waals surface area contributed by atoms with Gasteiger partial charge in [0.25, 0.3) is 5.91 Å². The smallest absolute Gasteiger partial charge is 0.275 e. The van der Waals surface area contributed by atoms with Crippen LogP contribution in [0.2, 0.25) is 0 Å². The summed E-state index contributed by atoms with van der Waals surface area (Å²) < 4.78 is 33.5. The Morgan fingerprint density at radius 1 is 1.14 bits per heavy atom. The highest BCUT2D eigenvalue weighted by Crippen LogP contribution is 2.23. The van der Waals surface area contributed by atoms with Crippen LogP contribution in [0.1, 0.15) is 21.7 Å². The van der Waals surface area contributed by atoms with Gasteiger partial charge in [0.05, 0.1) is 23.8 Å². The fourth-order valence-electron chi connectivity index (χ4n) is 2.59. The lowest BCUT2D eigenvalue weighted by molar-refractivity contribution is 0.0952. The van der Waals surface area contributed by atoms with Gasteiger partial charge in [-0.3, -0.25) is 4.79 Å². The molecule has 0 fully saturated rings. The number of carbonyl (C=O) groups excluding carboxylic acids is 1. The first kappa shape index (κ1) is 20.3. The molecule has 1 aromatic heterocycles. The van der Waals surface area contributed by atoms with Crippen molar-refractivity contribution in [1.82, 2.24) is 5.43 Å². The Labute approximate surface area is 168 Å². The van der Waals surface area contributed by atoms with Crippen LogP contribution in [-0.4, -0.2) is 27.6 Å². The molecule has 0 saturated heterocycles. The first-order valence-electron chi connectivity index (χ1n) is 8.49. The predicted molar refractivity (Wildman–Crippen MR) is 108 cm³/mol. The molecule has 3 aromatic rings. The lowest BCUT2D eigenvalue weighted by Crippen LogP contribution is -2.18. The van der Waals surface area contributed by atoms with Crippen LogP contribution in [0.15, 0.2) is 69.0 Å². The van der Waals surface area contributed by atoms with Crippen molar-refractivity contribution in [3.8, 4) is 17.1 Å². The molecule has 9 heteroatoms. The number of aryl methyl sites for hydroxylation is 1. The molecule has 0 spiro atoms. The van der Waals surface area contributed by atoms with E-state index in [1.807, 2.05) is 6.92 Å². The zero-order valence-electron chi connectivity index (χ0n) is 15.7. The average Bonchev–Trinajstić information content (AvgIpc) is 3.16. The Morgan fingerprint density at radius 2 is 1.86 bits per heavy atom. The summed E-state index contributed by atoms with van der Waals surface area (Å²) in [5, 5.41) is 8.98. The Morgan fingerprint density at radius 3 is 2.52 bits per heavy atom. The zero-order chi connectivity index (χ0) is 21.0. The molecule has 0 saturated carbocycles. The number of rotatable bonds is 6. The number of ether oxygens (including phenoxy) is 1. The number of sulfonamides is 1. The molecule has 0 atom stereocenters. The van der Waals surface area contributed by atoms with E-state index in [9.17, 15) is 13.2 Å². The minimum Gasteiger partial charge on any atom is -0.496 e. The largest absolute Gasteiger partial charge is 0.496 e. The van der Waals surface area contributed by atoms with Crippen LogP contribution in [-0.2, 0) is 10.0 Å². The van der Waals surface area contributed by atoms with Crippen LogP contribution in [0.25, 0.3) is 11.3 Å². The van der Waals surface area contributed by atoms with Gasteiger partial charge in [-0.25, -0.2) is 19.0 Å². The Kier molecular flexibility index (Phi) is 5.81. The molecule has 1 heterocycles. The summed E-state index contributed by atoms with van der Waals surface area (Å²) in [5.74, 6) is 0.968. The summed E-state index contributed by atoms with van der Waals surface area (Å²) in [6.07, 6.45) is 1.36. The Hall–Kier alpha value is -3.43. The van der Waals surface area contributed by atoms with Crippen molar-refractivity contribution in [2.24, 2.45) is 10.2 Å². The highest BCUT2D eigenvalue weighted by Gasteiger charge is 2.12. The van der Waals surface area contributed by atoms with E-state index < -0.39 is 15.9 Å². The number of nitrogens with one attached hydrogen (secondary N) is 1. The lowest BCUT2D eigenvalue weighted by Gasteiger charge is -2.07. The molecule has 2 aromatic carbocycles. The van der Waals surface area contributed by atoms with Crippen LogP contribution < -0.4 is 15.3 Å². The first-order chi connectivity index (χ1) is 13.8. The van der Waals surface area contributed by atoms with Gasteiger partial charge in [0.15, 0.2) is 0 Å². The number of hydrogen-bond acceptors (Lipinski definition) is 6. The fraction of sp³-hybridized carbons (Fsp3) is 0.100. The van der Waals surface area contributed by atoms with Crippen LogP contribution in [0.5, 0.6) is 5.75 Å². The SMILES string of the molecule is COc1cc(C)ccc1C(=O)NN=Cc1ccc(-c2ccc(S(N)(=O)=O)cc2)o1. The van der Waals surface area contributed by atoms with Crippen LogP contribution >= 0.6 is 0 Å². The molecule has 8 nitrogen and oxygen atoms in total. The molecule has 0 bridgehead atoms. The van der Waals surface area contributed by atoms with Gasteiger partial charge in [-0.15, -0.1) is 0 Å². The minimum absolute atomic E-state index is 0.0174. The van der Waals surface area contributed by atoms with Gasteiger partial charge in [-0.2, -0.15) is 5.10 Å². The number of nitrogens with zero attached hydrogens (tertiary/aromatic N) is 1. The van der Waals surface area contributed by atoms with Gasteiger partial charge in [0.2, 0.25) is 10.0 Å². The van der Waals surface area contributed by atoms with E-state index in [1.165, 1.54) is 25.5 Å². The predicted octanol–water partition coefficient (Wildman–Crippen LogP) is 2.67. The van der Waals surface area contributed by atoms with E-state index in [4.69, 9.17) is 14.3 Å². The lowest BCUT2D eigenvalue weighted by atomic mass is 10.1. The number of furan rings is 1. The van der Waals surface area contributed by atoms with Crippen molar-refractivity contribution in [3.63, 3.8) is 0 Å². The number of primary sulfonamides is 1. The van der Waals surface area contributed by atoms with E-state index in [-0.39, 0.29) is 4.90 Å². The van der Waals surface area contributed by atoms with Crippen molar-refractivity contribution in [1.29, 1.82) is 0 Å². The van der Waals surface area contributed by atoms with Crippen molar-refractivity contribution >= 4 is 22.1 Å². The second-order valence-electron chi connectivity index (χ2n) is 6.17. The molecular formula is C20H19N3O5S. The normalized spacial score (nSPS) is 11.6. The van der Waals surface area contributed by atoms with E-state index >= 15 is 0 Å². The van der Waals surface area contributed by atoms with Crippen LogP contribution in [0.3, 0.4) is 0 Å². The number of hydrazone groups is 1. The molecule has 0 aliphatic carbocycles. The van der Waals surface area contributed by atoms with Crippen molar-refractivity contribution in [2.75, 3.05) is 7.11 Å². The van der Waals surface area contributed by atoms with E-state index in [0.717, 1.165) is 5.56 Å². The van der Waals surface area contributed by atoms with Gasteiger partial charge >= 0.3 is 0 Å². The zero-order valence-corrected chi connectivity index (χ0v) is 16.6. The van der Waals surface area contributed by atoms with E-state index in [0.29, 0.717) is 28.4 Å². The number of hydrogen-bond donors (Lipinski definition) is 2. The van der Waals surface area contributed by atoms with E-state index in [2.05, 4.69) is 10.5 Å². The molecule has 0 aliphatic rings. The maximum Gasteiger partial charge on any atom is 0.275 e. The third kappa shape index (κ3) is 4.89. The summed E-state index contributed by atoms with van der Waals surface area (Å²) in [4.78, 5) is 12.3. The monoisotopic (exact) mass is 413 g/mol. The second-order valence-corrected chi connectivity index (χ2v) is 7.74. The molecule has 150 valence electrons. The minimum atomic E-state index is -3.75. The number of methoxy groups -OCH3 is 1. The van der Waals surface area contributed by atoms with Crippen molar-refractivity contribution in [2.45, 2.75) is 11.8 Å². The van der Waals surface area contributed by atoms with Crippen LogP contribution in [0, 0.1) is 6.92 Å². The number of amides is 1. The van der Waals surface area contributed by atoms with Gasteiger partial charge in [0, 0.05) is 5.56 Å². The third-order valence-electron chi connectivity index (χ3n) is 4.05. The summed E-state index contributed by atoms with van der Waals surface area (Å²) >= 11 is 0. The van der Waals surface area contributed by atoms with Gasteiger partial charge in [0.1, 0.15) is 17.3 Å². The van der Waals surface area contributed by atoms with Gasteiger partial charge in [-0.05, 0) is 61.0 Å². The van der Waals surface area contributed by atoms with Gasteiger partial charge < -0.3 is 9.15 Å². The first-order valence-corrected chi connectivity index (χ1v) is 10.0. The van der Waals surface area contributed by atoms with E-state index in [1.54, 1.807) is 42.5 Å². The van der Waals surface area contributed by atoms with Crippen molar-refractivity contribution < 1.29 is 22.4 Å². The summed E-state index contributed by atoms with van der Waals surface area (Å²) in [6.45, 7) is 1.90. The third-order valence-corrected chi connectivity index (χ3v) is 4.98. The molecule has 3 N–H and O–H groups in total. The highest BCUT2D eigenvalue weighted by atomic mass is 32.2. The standard InChI is InChI=1S/C20H19N3O5S/c1-13-3-9-17(19(11-13)27-2)20(24)23-22-12-15-6-10-18(28-15)14-4-7-16(8-5-14)29(21,25)26/h3-12H,1-2H3,(H,23,24)(H2,21,25,26). The summed E-state index contributed by atoms with van der Waals surface area (Å²) in [7, 11) is -2.25. The van der Waals surface area contributed by atoms with Crippen molar-refractivity contribution in [3.05, 3.63) is 71.5 Å². The molecule has 0 aliphatic heterocycles. The summed E-state index contributed by atoms with van der Waals surface area (Å²) in [5.41, 5.74) is 4.44. The molecule has 1 amide bonds. The number of carbonyl (C=O) groups is 1. The molecular weight excluding hydrogens is 394 g/mol. The molecule has 29 heavy (non-hydrogen) atoms. The molecule has 3 rings (SSSR count).